The van der Waals surface area contributed by atoms with Gasteiger partial charge in [-0.15, -0.1) is 0 Å². The summed E-state index contributed by atoms with van der Waals surface area (Å²) in [5.41, 5.74) is 0. The molecule has 94 valence electrons. The summed E-state index contributed by atoms with van der Waals surface area (Å²) in [6.45, 7) is 2.96. The van der Waals surface area contributed by atoms with Crippen LogP contribution in [-0.4, -0.2) is 62.6 Å². The van der Waals surface area contributed by atoms with Gasteiger partial charge in [0.15, 0.2) is 0 Å². The Morgan fingerprint density at radius 1 is 1.59 bits per heavy atom. The second kappa shape index (κ2) is 5.24. The van der Waals surface area contributed by atoms with Crippen LogP contribution in [0.25, 0.3) is 0 Å². The highest BCUT2D eigenvalue weighted by Gasteiger charge is 2.27. The van der Waals surface area contributed by atoms with E-state index in [1.54, 1.807) is 4.90 Å². The molecule has 0 aliphatic carbocycles. The SMILES string of the molecule is CC1CN(C(=O)Cn2cncn2)CC(CO)O1. The number of rotatable bonds is 3. The molecule has 7 nitrogen and oxygen atoms in total. The second-order valence-corrected chi connectivity index (χ2v) is 4.14. The Bertz CT molecular complexity index is 368. The summed E-state index contributed by atoms with van der Waals surface area (Å²) < 4.78 is 6.95. The summed E-state index contributed by atoms with van der Waals surface area (Å²) >= 11 is 0. The largest absolute Gasteiger partial charge is 0.394 e. The zero-order valence-corrected chi connectivity index (χ0v) is 9.69. The fourth-order valence-electron chi connectivity index (χ4n) is 1.90. The third-order valence-corrected chi connectivity index (χ3v) is 2.65. The third kappa shape index (κ3) is 3.01. The monoisotopic (exact) mass is 240 g/mol. The molecule has 2 rings (SSSR count). The van der Waals surface area contributed by atoms with Crippen molar-refractivity contribution < 1.29 is 14.6 Å². The van der Waals surface area contributed by atoms with Crippen molar-refractivity contribution in [3.05, 3.63) is 12.7 Å². The highest BCUT2D eigenvalue weighted by atomic mass is 16.5. The maximum atomic E-state index is 12.0. The Balaban J connectivity index is 1.94. The molecule has 1 aromatic heterocycles. The number of aromatic nitrogens is 3. The van der Waals surface area contributed by atoms with E-state index in [9.17, 15) is 4.79 Å². The lowest BCUT2D eigenvalue weighted by atomic mass is 10.2. The standard InChI is InChI=1S/C10H16N4O3/c1-8-2-13(3-9(5-15)17-8)10(16)4-14-7-11-6-12-14/h6-9,15H,2-5H2,1H3. The van der Waals surface area contributed by atoms with Gasteiger partial charge in [-0.25, -0.2) is 9.67 Å². The molecule has 0 saturated carbocycles. The fraction of sp³-hybridized carbons (Fsp3) is 0.700. The smallest absolute Gasteiger partial charge is 0.244 e. The number of aliphatic hydroxyl groups excluding tert-OH is 1. The lowest BCUT2D eigenvalue weighted by Crippen LogP contribution is -2.51. The number of amides is 1. The second-order valence-electron chi connectivity index (χ2n) is 4.14. The summed E-state index contributed by atoms with van der Waals surface area (Å²) in [5, 5.41) is 13.0. The number of morpholine rings is 1. The van der Waals surface area contributed by atoms with Crippen molar-refractivity contribution >= 4 is 5.91 Å². The third-order valence-electron chi connectivity index (χ3n) is 2.65. The summed E-state index contributed by atoms with van der Waals surface area (Å²) in [6.07, 6.45) is 2.55. The quantitative estimate of drug-likeness (QED) is 0.724. The van der Waals surface area contributed by atoms with Gasteiger partial charge < -0.3 is 14.7 Å². The van der Waals surface area contributed by atoms with Crippen LogP contribution < -0.4 is 0 Å². The lowest BCUT2D eigenvalue weighted by molar-refractivity contribution is -0.147. The van der Waals surface area contributed by atoms with E-state index < -0.39 is 0 Å². The van der Waals surface area contributed by atoms with Crippen LogP contribution in [0.4, 0.5) is 0 Å². The number of nitrogens with zero attached hydrogens (tertiary/aromatic N) is 4. The topological polar surface area (TPSA) is 80.5 Å². The molecule has 1 fully saturated rings. The van der Waals surface area contributed by atoms with E-state index in [0.29, 0.717) is 13.1 Å². The average Bonchev–Trinajstić information content (AvgIpc) is 2.81. The molecule has 0 aromatic carbocycles. The van der Waals surface area contributed by atoms with Gasteiger partial charge in [-0.2, -0.15) is 5.10 Å². The van der Waals surface area contributed by atoms with Crippen molar-refractivity contribution in [2.75, 3.05) is 19.7 Å². The van der Waals surface area contributed by atoms with Crippen LogP contribution >= 0.6 is 0 Å². The van der Waals surface area contributed by atoms with Gasteiger partial charge in [0.2, 0.25) is 5.91 Å². The molecule has 1 aromatic rings. The van der Waals surface area contributed by atoms with Gasteiger partial charge in [0.1, 0.15) is 19.2 Å². The zero-order valence-electron chi connectivity index (χ0n) is 9.69. The highest BCUT2D eigenvalue weighted by Crippen LogP contribution is 2.11. The van der Waals surface area contributed by atoms with Crippen molar-refractivity contribution in [1.82, 2.24) is 19.7 Å². The van der Waals surface area contributed by atoms with Crippen molar-refractivity contribution in [3.63, 3.8) is 0 Å². The molecular formula is C10H16N4O3. The summed E-state index contributed by atoms with van der Waals surface area (Å²) in [5.74, 6) is -0.0379. The number of aliphatic hydroxyl groups is 1. The first-order valence-electron chi connectivity index (χ1n) is 5.55. The molecule has 7 heteroatoms. The predicted octanol–water partition coefficient (Wildman–Crippen LogP) is -1.11. The molecule has 1 N–H and O–H groups in total. The first kappa shape index (κ1) is 12.0. The van der Waals surface area contributed by atoms with Gasteiger partial charge in [-0.1, -0.05) is 0 Å². The molecular weight excluding hydrogens is 224 g/mol. The molecule has 2 atom stereocenters. The maximum absolute atomic E-state index is 12.0. The molecule has 1 amide bonds. The summed E-state index contributed by atoms with van der Waals surface area (Å²) in [7, 11) is 0. The molecule has 2 heterocycles. The Morgan fingerprint density at radius 2 is 2.41 bits per heavy atom. The van der Waals surface area contributed by atoms with Crippen LogP contribution in [0.2, 0.25) is 0 Å². The minimum Gasteiger partial charge on any atom is -0.394 e. The molecule has 1 aliphatic rings. The Hall–Kier alpha value is -1.47. The van der Waals surface area contributed by atoms with Gasteiger partial charge in [0.25, 0.3) is 0 Å². The van der Waals surface area contributed by atoms with Crippen molar-refractivity contribution in [3.8, 4) is 0 Å². The summed E-state index contributed by atoms with van der Waals surface area (Å²) in [4.78, 5) is 17.4. The average molecular weight is 240 g/mol. The lowest BCUT2D eigenvalue weighted by Gasteiger charge is -2.36. The van der Waals surface area contributed by atoms with E-state index in [1.165, 1.54) is 17.3 Å². The van der Waals surface area contributed by atoms with Crippen LogP contribution in [0.3, 0.4) is 0 Å². The number of carbonyl (C=O) groups is 1. The van der Waals surface area contributed by atoms with E-state index in [0.717, 1.165) is 0 Å². The first-order valence-corrected chi connectivity index (χ1v) is 5.55. The Kier molecular flexibility index (Phi) is 3.70. The van der Waals surface area contributed by atoms with Crippen LogP contribution in [0.15, 0.2) is 12.7 Å². The van der Waals surface area contributed by atoms with Gasteiger partial charge in [-0.05, 0) is 6.92 Å². The molecule has 17 heavy (non-hydrogen) atoms. The Labute approximate surface area is 99.0 Å². The molecule has 0 radical (unpaired) electrons. The predicted molar refractivity (Wildman–Crippen MR) is 58.0 cm³/mol. The van der Waals surface area contributed by atoms with Gasteiger partial charge in [-0.3, -0.25) is 4.79 Å². The van der Waals surface area contributed by atoms with Crippen LogP contribution in [0.5, 0.6) is 0 Å². The van der Waals surface area contributed by atoms with E-state index in [4.69, 9.17) is 9.84 Å². The van der Waals surface area contributed by atoms with Gasteiger partial charge in [0.05, 0.1) is 18.8 Å². The van der Waals surface area contributed by atoms with E-state index in [2.05, 4.69) is 10.1 Å². The zero-order chi connectivity index (χ0) is 12.3. The maximum Gasteiger partial charge on any atom is 0.244 e. The van der Waals surface area contributed by atoms with Crippen molar-refractivity contribution in [1.29, 1.82) is 0 Å². The first-order chi connectivity index (χ1) is 8.19. The number of carbonyl (C=O) groups excluding carboxylic acids is 1. The van der Waals surface area contributed by atoms with Crippen molar-refractivity contribution in [2.45, 2.75) is 25.7 Å². The number of ether oxygens (including phenoxy) is 1. The molecule has 1 aliphatic heterocycles. The molecule has 2 unspecified atom stereocenters. The van der Waals surface area contributed by atoms with E-state index in [-0.39, 0.29) is 31.3 Å². The fourth-order valence-corrected chi connectivity index (χ4v) is 1.90. The normalized spacial score (nSPS) is 24.9. The van der Waals surface area contributed by atoms with Crippen LogP contribution in [0, 0.1) is 0 Å². The van der Waals surface area contributed by atoms with Gasteiger partial charge >= 0.3 is 0 Å². The number of hydrogen-bond donors (Lipinski definition) is 1. The highest BCUT2D eigenvalue weighted by molar-refractivity contribution is 5.76. The minimum atomic E-state index is -0.293. The summed E-state index contributed by atoms with van der Waals surface area (Å²) in [6, 6.07) is 0. The van der Waals surface area contributed by atoms with Crippen LogP contribution in [0.1, 0.15) is 6.92 Å². The van der Waals surface area contributed by atoms with E-state index in [1.807, 2.05) is 6.92 Å². The van der Waals surface area contributed by atoms with Gasteiger partial charge in [0, 0.05) is 13.1 Å². The minimum absolute atomic E-state index is 0.0379. The number of hydrogen-bond acceptors (Lipinski definition) is 5. The van der Waals surface area contributed by atoms with Crippen molar-refractivity contribution in [2.24, 2.45) is 0 Å². The molecule has 0 bridgehead atoms. The molecule has 0 spiro atoms. The van der Waals surface area contributed by atoms with E-state index >= 15 is 0 Å². The van der Waals surface area contributed by atoms with Crippen LogP contribution in [-0.2, 0) is 16.1 Å². The Morgan fingerprint density at radius 3 is 3.06 bits per heavy atom. The molecule has 1 saturated heterocycles.